The molecule has 0 unspecified atom stereocenters. The highest BCUT2D eigenvalue weighted by atomic mass is 19.2. The minimum Gasteiger partial charge on any atom is -0.480 e. The minimum absolute atomic E-state index is 0.000712. The molecule has 1 aromatic carbocycles. The van der Waals surface area contributed by atoms with E-state index in [1.165, 1.54) is 12.1 Å². The van der Waals surface area contributed by atoms with E-state index in [1.807, 2.05) is 11.8 Å². The van der Waals surface area contributed by atoms with Crippen molar-refractivity contribution in [3.63, 3.8) is 0 Å². The zero-order valence-corrected chi connectivity index (χ0v) is 14.1. The van der Waals surface area contributed by atoms with Gasteiger partial charge < -0.3 is 15.7 Å². The van der Waals surface area contributed by atoms with Gasteiger partial charge in [-0.05, 0) is 37.4 Å². The molecule has 0 bridgehead atoms. The second-order valence-electron chi connectivity index (χ2n) is 6.14. The van der Waals surface area contributed by atoms with E-state index in [1.54, 1.807) is 0 Å². The summed E-state index contributed by atoms with van der Waals surface area (Å²) in [5.41, 5.74) is 0.219. The van der Waals surface area contributed by atoms with Gasteiger partial charge in [-0.25, -0.2) is 13.6 Å². The summed E-state index contributed by atoms with van der Waals surface area (Å²) in [5.74, 6) is -2.64. The summed E-state index contributed by atoms with van der Waals surface area (Å²) in [6.07, 6.45) is 1.60. The summed E-state index contributed by atoms with van der Waals surface area (Å²) in [6.45, 7) is 2.75. The summed E-state index contributed by atoms with van der Waals surface area (Å²) in [5, 5.41) is 14.3. The van der Waals surface area contributed by atoms with Crippen molar-refractivity contribution in [2.45, 2.75) is 38.3 Å². The van der Waals surface area contributed by atoms with Gasteiger partial charge in [0.05, 0.1) is 6.54 Å². The Morgan fingerprint density at radius 3 is 2.68 bits per heavy atom. The number of rotatable bonds is 8. The lowest BCUT2D eigenvalue weighted by Crippen LogP contribution is -2.56. The third kappa shape index (κ3) is 5.38. The number of likely N-dealkylation sites (N-methyl/N-ethyl adjacent to an activating group) is 1. The topological polar surface area (TPSA) is 81.7 Å². The number of aliphatic carboxylic acids is 1. The number of hydrogen-bond acceptors (Lipinski definition) is 3. The number of benzene rings is 1. The number of carbonyl (C=O) groups is 2. The monoisotopic (exact) mass is 355 g/mol. The Kier molecular flexibility index (Phi) is 6.69. The van der Waals surface area contributed by atoms with Gasteiger partial charge in [-0.15, -0.1) is 0 Å². The average molecular weight is 355 g/mol. The molecule has 0 spiro atoms. The molecule has 0 heterocycles. The number of nitrogens with one attached hydrogen (secondary N) is 2. The lowest BCUT2D eigenvalue weighted by Gasteiger charge is -2.42. The number of amides is 2. The number of carboxylic acids is 1. The molecular weight excluding hydrogens is 332 g/mol. The van der Waals surface area contributed by atoms with E-state index in [9.17, 15) is 18.4 Å². The summed E-state index contributed by atoms with van der Waals surface area (Å²) in [6, 6.07) is 3.76. The van der Waals surface area contributed by atoms with E-state index >= 15 is 0 Å². The van der Waals surface area contributed by atoms with Crippen molar-refractivity contribution in [1.29, 1.82) is 0 Å². The van der Waals surface area contributed by atoms with Crippen LogP contribution in [0.1, 0.15) is 25.3 Å². The molecule has 3 N–H and O–H groups in total. The molecule has 0 aliphatic heterocycles. The molecule has 1 aromatic rings. The molecule has 25 heavy (non-hydrogen) atoms. The molecule has 0 atom stereocenters. The Labute approximate surface area is 145 Å². The van der Waals surface area contributed by atoms with Crippen molar-refractivity contribution in [3.05, 3.63) is 35.4 Å². The van der Waals surface area contributed by atoms with Gasteiger partial charge in [-0.2, -0.15) is 0 Å². The van der Waals surface area contributed by atoms with Gasteiger partial charge in [0.1, 0.15) is 0 Å². The molecule has 1 aliphatic carbocycles. The van der Waals surface area contributed by atoms with Gasteiger partial charge in [-0.3, -0.25) is 9.69 Å². The number of carbonyl (C=O) groups excluding carboxylic acids is 1. The van der Waals surface area contributed by atoms with Crippen LogP contribution in [0.15, 0.2) is 18.2 Å². The van der Waals surface area contributed by atoms with E-state index in [-0.39, 0.29) is 43.2 Å². The molecule has 1 fully saturated rings. The van der Waals surface area contributed by atoms with E-state index < -0.39 is 17.6 Å². The fraction of sp³-hybridized carbons (Fsp3) is 0.529. The second-order valence-corrected chi connectivity index (χ2v) is 6.14. The molecule has 1 aliphatic rings. The summed E-state index contributed by atoms with van der Waals surface area (Å²) in [7, 11) is 0. The first-order valence-electron chi connectivity index (χ1n) is 8.33. The average Bonchev–Trinajstić information content (AvgIpc) is 2.52. The van der Waals surface area contributed by atoms with Crippen LogP contribution in [-0.4, -0.2) is 53.7 Å². The highest BCUT2D eigenvalue weighted by molar-refractivity contribution is 5.74. The standard InChI is InChI=1S/C17H23F2N3O3/c1-2-22(10-15(23)24)13-8-12(9-13)21-17(25)20-7-6-11-4-3-5-14(18)16(11)19/h3-5,12-13H,2,6-10H2,1H3,(H,23,24)(H2,20,21,25). The van der Waals surface area contributed by atoms with Crippen molar-refractivity contribution >= 4 is 12.0 Å². The molecule has 2 amide bonds. The van der Waals surface area contributed by atoms with Crippen molar-refractivity contribution in [1.82, 2.24) is 15.5 Å². The third-order valence-electron chi connectivity index (χ3n) is 4.42. The Hall–Kier alpha value is -2.22. The van der Waals surface area contributed by atoms with Gasteiger partial charge in [0.25, 0.3) is 0 Å². The summed E-state index contributed by atoms with van der Waals surface area (Å²) >= 11 is 0. The Morgan fingerprint density at radius 2 is 2.04 bits per heavy atom. The molecule has 2 rings (SSSR count). The Bertz CT molecular complexity index is 621. The maximum atomic E-state index is 13.5. The van der Waals surface area contributed by atoms with Crippen LogP contribution in [-0.2, 0) is 11.2 Å². The van der Waals surface area contributed by atoms with Crippen LogP contribution >= 0.6 is 0 Å². The fourth-order valence-corrected chi connectivity index (χ4v) is 2.97. The number of urea groups is 1. The Balaban J connectivity index is 1.67. The number of carboxylic acid groups (broad SMARTS) is 1. The quantitative estimate of drug-likeness (QED) is 0.664. The second kappa shape index (κ2) is 8.75. The van der Waals surface area contributed by atoms with Gasteiger partial charge in [0.2, 0.25) is 0 Å². The predicted octanol–water partition coefficient (Wildman–Crippen LogP) is 1.74. The molecule has 0 aromatic heterocycles. The number of nitrogens with zero attached hydrogens (tertiary/aromatic N) is 1. The van der Waals surface area contributed by atoms with Gasteiger partial charge in [-0.1, -0.05) is 19.1 Å². The molecule has 8 heteroatoms. The van der Waals surface area contributed by atoms with E-state index in [0.29, 0.717) is 19.4 Å². The first kappa shape index (κ1) is 19.1. The van der Waals surface area contributed by atoms with E-state index in [2.05, 4.69) is 10.6 Å². The van der Waals surface area contributed by atoms with Crippen LogP contribution in [0.25, 0.3) is 0 Å². The van der Waals surface area contributed by atoms with Crippen molar-refractivity contribution in [3.8, 4) is 0 Å². The molecule has 6 nitrogen and oxygen atoms in total. The largest absolute Gasteiger partial charge is 0.480 e. The van der Waals surface area contributed by atoms with Crippen molar-refractivity contribution in [2.24, 2.45) is 0 Å². The SMILES string of the molecule is CCN(CC(=O)O)C1CC(NC(=O)NCCc2cccc(F)c2F)C1. The molecular formula is C17H23F2N3O3. The molecule has 0 radical (unpaired) electrons. The van der Waals surface area contributed by atoms with Gasteiger partial charge in [0, 0.05) is 18.6 Å². The van der Waals surface area contributed by atoms with Crippen LogP contribution in [0.5, 0.6) is 0 Å². The van der Waals surface area contributed by atoms with Crippen LogP contribution in [0, 0.1) is 11.6 Å². The molecule has 138 valence electrons. The Morgan fingerprint density at radius 1 is 1.32 bits per heavy atom. The first-order chi connectivity index (χ1) is 11.9. The predicted molar refractivity (Wildman–Crippen MR) is 88.3 cm³/mol. The smallest absolute Gasteiger partial charge is 0.317 e. The van der Waals surface area contributed by atoms with Crippen molar-refractivity contribution < 1.29 is 23.5 Å². The zero-order chi connectivity index (χ0) is 18.4. The maximum Gasteiger partial charge on any atom is 0.317 e. The zero-order valence-electron chi connectivity index (χ0n) is 14.1. The fourth-order valence-electron chi connectivity index (χ4n) is 2.97. The van der Waals surface area contributed by atoms with E-state index in [4.69, 9.17) is 5.11 Å². The summed E-state index contributed by atoms with van der Waals surface area (Å²) < 4.78 is 26.6. The number of halogens is 2. The first-order valence-corrected chi connectivity index (χ1v) is 8.33. The van der Waals surface area contributed by atoms with Crippen molar-refractivity contribution in [2.75, 3.05) is 19.6 Å². The van der Waals surface area contributed by atoms with E-state index in [0.717, 1.165) is 6.07 Å². The summed E-state index contributed by atoms with van der Waals surface area (Å²) in [4.78, 5) is 24.5. The lowest BCUT2D eigenvalue weighted by molar-refractivity contribution is -0.139. The highest BCUT2D eigenvalue weighted by Crippen LogP contribution is 2.25. The third-order valence-corrected chi connectivity index (χ3v) is 4.42. The van der Waals surface area contributed by atoms with Crippen LogP contribution in [0.4, 0.5) is 13.6 Å². The minimum atomic E-state index is -0.899. The normalized spacial score (nSPS) is 19.4. The van der Waals surface area contributed by atoms with Gasteiger partial charge >= 0.3 is 12.0 Å². The van der Waals surface area contributed by atoms with Crippen LogP contribution in [0.3, 0.4) is 0 Å². The lowest BCUT2D eigenvalue weighted by atomic mass is 9.85. The molecule has 1 saturated carbocycles. The van der Waals surface area contributed by atoms with Gasteiger partial charge in [0.15, 0.2) is 11.6 Å². The highest BCUT2D eigenvalue weighted by Gasteiger charge is 2.34. The van der Waals surface area contributed by atoms with Crippen LogP contribution in [0.2, 0.25) is 0 Å². The number of hydrogen-bond donors (Lipinski definition) is 3. The van der Waals surface area contributed by atoms with Crippen LogP contribution < -0.4 is 10.6 Å². The maximum absolute atomic E-state index is 13.5. The molecule has 0 saturated heterocycles.